The summed E-state index contributed by atoms with van der Waals surface area (Å²) in [5, 5.41) is 10.2. The van der Waals surface area contributed by atoms with Gasteiger partial charge in [-0.1, -0.05) is 24.3 Å². The van der Waals surface area contributed by atoms with Gasteiger partial charge >= 0.3 is 5.97 Å². The average Bonchev–Trinajstić information content (AvgIpc) is 2.73. The zero-order valence-corrected chi connectivity index (χ0v) is 18.0. The van der Waals surface area contributed by atoms with E-state index in [1.807, 2.05) is 50.2 Å². The Labute approximate surface area is 181 Å². The molecule has 3 rings (SSSR count). The van der Waals surface area contributed by atoms with Crippen LogP contribution in [0.25, 0.3) is 10.9 Å². The van der Waals surface area contributed by atoms with E-state index in [2.05, 4.69) is 4.98 Å². The Kier molecular flexibility index (Phi) is 7.31. The summed E-state index contributed by atoms with van der Waals surface area (Å²) in [6.07, 6.45) is 0.945. The number of fused-ring (bicyclic) bond motifs is 1. The molecule has 3 N–H and O–H groups in total. The molecule has 0 radical (unpaired) electrons. The number of hydrogen-bond acceptors (Lipinski definition) is 6. The first-order valence-electron chi connectivity index (χ1n) is 10.3. The third-order valence-corrected chi connectivity index (χ3v) is 4.71. The third kappa shape index (κ3) is 5.44. The Morgan fingerprint density at radius 1 is 1.13 bits per heavy atom. The monoisotopic (exact) mass is 424 g/mol. The van der Waals surface area contributed by atoms with E-state index < -0.39 is 12.1 Å². The van der Waals surface area contributed by atoms with Crippen molar-refractivity contribution in [2.75, 3.05) is 12.3 Å². The van der Waals surface area contributed by atoms with Crippen molar-refractivity contribution in [1.29, 1.82) is 0 Å². The maximum Gasteiger partial charge on any atom is 0.333 e. The van der Waals surface area contributed by atoms with Gasteiger partial charge in [-0.25, -0.2) is 4.79 Å². The quantitative estimate of drug-likeness (QED) is 0.470. The molecule has 7 heteroatoms. The summed E-state index contributed by atoms with van der Waals surface area (Å²) in [7, 11) is 0. The predicted molar refractivity (Wildman–Crippen MR) is 119 cm³/mol. The molecule has 0 aliphatic carbocycles. The number of rotatable bonds is 10. The molecule has 0 spiro atoms. The van der Waals surface area contributed by atoms with Crippen molar-refractivity contribution in [2.24, 2.45) is 0 Å². The number of nitrogen functional groups attached to an aromatic ring is 1. The molecule has 0 aliphatic rings. The van der Waals surface area contributed by atoms with Crippen LogP contribution in [-0.2, 0) is 22.6 Å². The van der Waals surface area contributed by atoms with Gasteiger partial charge in [-0.15, -0.1) is 0 Å². The van der Waals surface area contributed by atoms with Crippen LogP contribution in [0.5, 0.6) is 11.5 Å². The van der Waals surface area contributed by atoms with Crippen molar-refractivity contribution in [3.63, 3.8) is 0 Å². The fourth-order valence-corrected chi connectivity index (χ4v) is 3.33. The zero-order chi connectivity index (χ0) is 22.4. The maximum atomic E-state index is 11.5. The van der Waals surface area contributed by atoms with Crippen LogP contribution in [0.2, 0.25) is 0 Å². The van der Waals surface area contributed by atoms with Gasteiger partial charge in [0.2, 0.25) is 0 Å². The summed E-state index contributed by atoms with van der Waals surface area (Å²) in [6, 6.07) is 12.9. The highest BCUT2D eigenvalue weighted by Crippen LogP contribution is 2.33. The second-order valence-electron chi connectivity index (χ2n) is 7.41. The van der Waals surface area contributed by atoms with E-state index in [0.717, 1.165) is 16.5 Å². The third-order valence-electron chi connectivity index (χ3n) is 4.71. The molecule has 164 valence electrons. The highest BCUT2D eigenvalue weighted by atomic mass is 16.5. The Morgan fingerprint density at radius 3 is 2.61 bits per heavy atom. The van der Waals surface area contributed by atoms with Gasteiger partial charge in [0.05, 0.1) is 22.9 Å². The molecule has 2 aromatic carbocycles. The number of nitrogens with two attached hydrogens (primary N) is 1. The van der Waals surface area contributed by atoms with E-state index in [4.69, 9.17) is 19.9 Å². The van der Waals surface area contributed by atoms with E-state index in [9.17, 15) is 9.90 Å². The number of benzene rings is 2. The normalized spacial score (nSPS) is 12.1. The second-order valence-corrected chi connectivity index (χ2v) is 7.41. The second kappa shape index (κ2) is 10.1. The van der Waals surface area contributed by atoms with E-state index in [0.29, 0.717) is 29.3 Å². The van der Waals surface area contributed by atoms with Crippen LogP contribution < -0.4 is 15.2 Å². The minimum Gasteiger partial charge on any atom is -0.490 e. The first-order chi connectivity index (χ1) is 14.9. The van der Waals surface area contributed by atoms with Gasteiger partial charge in [-0.2, -0.15) is 0 Å². The van der Waals surface area contributed by atoms with Crippen LogP contribution in [0.1, 0.15) is 31.9 Å². The summed E-state index contributed by atoms with van der Waals surface area (Å²) in [4.78, 5) is 16.0. The van der Waals surface area contributed by atoms with Crippen molar-refractivity contribution >= 4 is 22.6 Å². The minimum absolute atomic E-state index is 0.0411. The number of carboxylic acids is 1. The van der Waals surface area contributed by atoms with Crippen LogP contribution in [0.3, 0.4) is 0 Å². The highest BCUT2D eigenvalue weighted by molar-refractivity contribution is 5.94. The Balaban J connectivity index is 1.89. The summed E-state index contributed by atoms with van der Waals surface area (Å²) in [5.74, 6) is 0.278. The molecule has 1 unspecified atom stereocenters. The van der Waals surface area contributed by atoms with Crippen LogP contribution in [-0.4, -0.2) is 34.9 Å². The number of aliphatic carboxylic acids is 1. The van der Waals surface area contributed by atoms with Crippen molar-refractivity contribution < 1.29 is 24.1 Å². The van der Waals surface area contributed by atoms with E-state index in [1.54, 1.807) is 19.2 Å². The fraction of sp³-hybridized carbons (Fsp3) is 0.333. The first-order valence-corrected chi connectivity index (χ1v) is 10.3. The molecule has 7 nitrogen and oxygen atoms in total. The van der Waals surface area contributed by atoms with Crippen molar-refractivity contribution in [3.05, 3.63) is 59.8 Å². The maximum absolute atomic E-state index is 11.5. The van der Waals surface area contributed by atoms with Crippen molar-refractivity contribution in [2.45, 2.75) is 46.0 Å². The first kappa shape index (κ1) is 22.4. The van der Waals surface area contributed by atoms with Crippen LogP contribution >= 0.6 is 0 Å². The standard InChI is InChI=1S/C24H28N2O5/c1-4-29-21(24(27)28)12-16-8-5-6-11-20(16)30-14-17-13-26-22-18(9-7-10-19(22)25)23(17)31-15(2)3/h5-11,13,15,21H,4,12,14,25H2,1-3H3,(H,27,28). The molecular weight excluding hydrogens is 396 g/mol. The molecule has 1 heterocycles. The molecule has 1 atom stereocenters. The molecule has 0 saturated heterocycles. The predicted octanol–water partition coefficient (Wildman–Crippen LogP) is 4.22. The SMILES string of the molecule is CCOC(Cc1ccccc1OCc1cnc2c(N)cccc2c1OC(C)C)C(=O)O. The molecule has 31 heavy (non-hydrogen) atoms. The smallest absolute Gasteiger partial charge is 0.333 e. The molecular formula is C24H28N2O5. The topological polar surface area (TPSA) is 104 Å². The number of ether oxygens (including phenoxy) is 3. The number of para-hydroxylation sites is 2. The van der Waals surface area contributed by atoms with Gasteiger partial charge in [0, 0.05) is 24.6 Å². The molecule has 0 bridgehead atoms. The lowest BCUT2D eigenvalue weighted by atomic mass is 10.1. The molecule has 3 aromatic rings. The van der Waals surface area contributed by atoms with Crippen LogP contribution in [0.15, 0.2) is 48.7 Å². The van der Waals surface area contributed by atoms with E-state index in [-0.39, 0.29) is 19.1 Å². The summed E-state index contributed by atoms with van der Waals surface area (Å²) in [6.45, 7) is 6.22. The average molecular weight is 424 g/mol. The Bertz CT molecular complexity index is 1050. The van der Waals surface area contributed by atoms with E-state index in [1.165, 1.54) is 0 Å². The summed E-state index contributed by atoms with van der Waals surface area (Å²) in [5.41, 5.74) is 8.88. The molecule has 0 saturated carbocycles. The lowest BCUT2D eigenvalue weighted by Gasteiger charge is -2.19. The largest absolute Gasteiger partial charge is 0.490 e. The Hall–Kier alpha value is -3.32. The van der Waals surface area contributed by atoms with Gasteiger partial charge in [0.1, 0.15) is 18.1 Å². The molecule has 1 aromatic heterocycles. The molecule has 0 amide bonds. The number of nitrogens with zero attached hydrogens (tertiary/aromatic N) is 1. The lowest BCUT2D eigenvalue weighted by molar-refractivity contribution is -0.149. The van der Waals surface area contributed by atoms with Gasteiger partial charge in [0.25, 0.3) is 0 Å². The summed E-state index contributed by atoms with van der Waals surface area (Å²) < 4.78 is 17.5. The van der Waals surface area contributed by atoms with Crippen LogP contribution in [0, 0.1) is 0 Å². The van der Waals surface area contributed by atoms with Gasteiger partial charge in [-0.3, -0.25) is 4.98 Å². The highest BCUT2D eigenvalue weighted by Gasteiger charge is 2.20. The zero-order valence-electron chi connectivity index (χ0n) is 18.0. The van der Waals surface area contributed by atoms with Crippen molar-refractivity contribution in [3.8, 4) is 11.5 Å². The molecule has 0 aliphatic heterocycles. The van der Waals surface area contributed by atoms with Gasteiger partial charge < -0.3 is 25.1 Å². The number of anilines is 1. The number of aromatic nitrogens is 1. The molecule has 0 fully saturated rings. The van der Waals surface area contributed by atoms with Crippen molar-refractivity contribution in [1.82, 2.24) is 4.98 Å². The Morgan fingerprint density at radius 2 is 1.90 bits per heavy atom. The number of pyridine rings is 1. The number of hydrogen-bond donors (Lipinski definition) is 2. The fourth-order valence-electron chi connectivity index (χ4n) is 3.33. The van der Waals surface area contributed by atoms with Gasteiger partial charge in [-0.05, 0) is 44.5 Å². The minimum atomic E-state index is -0.999. The summed E-state index contributed by atoms with van der Waals surface area (Å²) >= 11 is 0. The number of carbonyl (C=O) groups is 1. The van der Waals surface area contributed by atoms with E-state index >= 15 is 0 Å². The lowest BCUT2D eigenvalue weighted by Crippen LogP contribution is -2.26. The van der Waals surface area contributed by atoms with Gasteiger partial charge in [0.15, 0.2) is 6.10 Å². The number of carboxylic acid groups (broad SMARTS) is 1. The van der Waals surface area contributed by atoms with Crippen LogP contribution in [0.4, 0.5) is 5.69 Å².